The number of aromatic nitrogens is 1. The minimum atomic E-state index is -1.55. The van der Waals surface area contributed by atoms with Gasteiger partial charge in [0.1, 0.15) is 11.3 Å². The van der Waals surface area contributed by atoms with Crippen molar-refractivity contribution in [1.29, 1.82) is 0 Å². The van der Waals surface area contributed by atoms with Crippen LogP contribution in [0.5, 0.6) is 0 Å². The van der Waals surface area contributed by atoms with Crippen LogP contribution in [0.4, 0.5) is 0 Å². The molecule has 5 heteroatoms. The van der Waals surface area contributed by atoms with Gasteiger partial charge in [-0.2, -0.15) is 0 Å². The fourth-order valence-corrected chi connectivity index (χ4v) is 6.21. The van der Waals surface area contributed by atoms with Gasteiger partial charge in [-0.05, 0) is 60.6 Å². The first kappa shape index (κ1) is 37.7. The average molecular weight is 853 g/mol. The predicted molar refractivity (Wildman–Crippen MR) is 207 cm³/mol. The van der Waals surface area contributed by atoms with Gasteiger partial charge >= 0.3 is 0 Å². The Balaban J connectivity index is 0.000000389. The monoisotopic (exact) mass is 853 g/mol. The van der Waals surface area contributed by atoms with Crippen LogP contribution in [0.2, 0.25) is 0 Å². The minimum absolute atomic E-state index is 0. The first-order valence-corrected chi connectivity index (χ1v) is 17.9. The van der Waals surface area contributed by atoms with Gasteiger partial charge in [0.15, 0.2) is 5.78 Å². The number of ketones is 1. The van der Waals surface area contributed by atoms with E-state index in [1.807, 2.05) is 90.9 Å². The van der Waals surface area contributed by atoms with Gasteiger partial charge < -0.3 is 9.52 Å². The van der Waals surface area contributed by atoms with Crippen molar-refractivity contribution in [2.24, 2.45) is 17.3 Å². The summed E-state index contributed by atoms with van der Waals surface area (Å²) in [4.78, 5) is 16.4. The summed E-state index contributed by atoms with van der Waals surface area (Å²) < 4.78 is 23.9. The van der Waals surface area contributed by atoms with E-state index in [0.29, 0.717) is 16.9 Å². The minimum Gasteiger partial charge on any atom is -0.512 e. The quantitative estimate of drug-likeness (QED) is 0.0864. The Kier molecular flexibility index (Phi) is 13.3. The van der Waals surface area contributed by atoms with Crippen molar-refractivity contribution in [3.8, 4) is 22.6 Å². The van der Waals surface area contributed by atoms with Gasteiger partial charge in [-0.1, -0.05) is 123 Å². The van der Waals surface area contributed by atoms with Crippen LogP contribution in [0.3, 0.4) is 0 Å². The number of fused-ring (bicyclic) bond motifs is 2. The molecule has 5 aromatic rings. The molecular weight excluding hydrogens is 795 g/mol. The number of rotatable bonds is 10. The zero-order chi connectivity index (χ0) is 37.7. The first-order chi connectivity index (χ1) is 24.0. The number of aliphatic hydroxyl groups is 1. The number of benzene rings is 3. The Labute approximate surface area is 317 Å². The molecule has 0 saturated heterocycles. The predicted octanol–water partition coefficient (Wildman–Crippen LogP) is 12.9. The number of aliphatic hydroxyl groups excluding tert-OH is 1. The molecule has 4 nitrogen and oxygen atoms in total. The topological polar surface area (TPSA) is 63.3 Å². The van der Waals surface area contributed by atoms with Gasteiger partial charge in [-0.25, -0.2) is 0 Å². The molecule has 0 aliphatic rings. The van der Waals surface area contributed by atoms with Crippen LogP contribution in [0, 0.1) is 23.3 Å². The first-order valence-electron chi connectivity index (χ1n) is 18.9. The summed E-state index contributed by atoms with van der Waals surface area (Å²) in [6, 6.07) is 25.8. The van der Waals surface area contributed by atoms with Gasteiger partial charge in [0.2, 0.25) is 0 Å². The van der Waals surface area contributed by atoms with E-state index in [2.05, 4.69) is 56.1 Å². The van der Waals surface area contributed by atoms with E-state index in [0.717, 1.165) is 53.3 Å². The summed E-state index contributed by atoms with van der Waals surface area (Å²) in [6.45, 7) is 20.5. The average Bonchev–Trinajstić information content (AvgIpc) is 3.53. The Morgan fingerprint density at radius 3 is 2.18 bits per heavy atom. The van der Waals surface area contributed by atoms with Crippen LogP contribution in [-0.4, -0.2) is 15.9 Å². The van der Waals surface area contributed by atoms with Crippen LogP contribution in [0.15, 0.2) is 89.2 Å². The number of pyridine rings is 1. The van der Waals surface area contributed by atoms with Crippen molar-refractivity contribution in [2.45, 2.75) is 107 Å². The molecule has 0 aliphatic carbocycles. The third-order valence-corrected chi connectivity index (χ3v) is 9.04. The standard InChI is InChI=1S/C32H32NO.C13H24O2.Ir/c1-31(2,3)20-24-12-9-11-23-19-29(34-30(23)24)22-14-15-33-28(18-22)25-16-21-10-7-8-13-26(21)27(17-25)32(4,5)6;1-5-10(6-2)12(14)9-13(15)11(7-3)8-4;/h7-15,17-19H,20H2,1-6H3;9-11,14H,5-8H2,1-4H3;/q-1;;/b;12-9-;/i20D2;;. The molecule has 0 bridgehead atoms. The molecule has 0 atom stereocenters. The second kappa shape index (κ2) is 17.6. The van der Waals surface area contributed by atoms with E-state index in [4.69, 9.17) is 7.16 Å². The summed E-state index contributed by atoms with van der Waals surface area (Å²) in [5, 5.41) is 12.9. The number of carbonyl (C=O) groups is 1. The normalized spacial score (nSPS) is 13.2. The van der Waals surface area contributed by atoms with Crippen molar-refractivity contribution in [3.05, 3.63) is 102 Å². The molecule has 0 unspecified atom stereocenters. The number of hydrogen-bond donors (Lipinski definition) is 1. The molecule has 2 heterocycles. The van der Waals surface area contributed by atoms with Gasteiger partial charge in [-0.15, -0.1) is 29.1 Å². The van der Waals surface area contributed by atoms with Crippen molar-refractivity contribution >= 4 is 27.5 Å². The zero-order valence-corrected chi connectivity index (χ0v) is 33.9. The third kappa shape index (κ3) is 10.3. The molecule has 5 rings (SSSR count). The molecule has 0 saturated carbocycles. The largest absolute Gasteiger partial charge is 0.512 e. The molecule has 50 heavy (non-hydrogen) atoms. The van der Waals surface area contributed by atoms with E-state index in [1.165, 1.54) is 17.0 Å². The number of nitrogens with zero attached hydrogens (tertiary/aromatic N) is 1. The maximum atomic E-state index is 11.7. The van der Waals surface area contributed by atoms with Crippen LogP contribution in [0.1, 0.15) is 109 Å². The second-order valence-corrected chi connectivity index (χ2v) is 15.0. The van der Waals surface area contributed by atoms with E-state index in [9.17, 15) is 9.90 Å². The Hall–Kier alpha value is -3.53. The summed E-state index contributed by atoms with van der Waals surface area (Å²) >= 11 is 0. The van der Waals surface area contributed by atoms with Crippen LogP contribution >= 0.6 is 0 Å². The fraction of sp³-hybridized carbons (Fsp3) is 0.422. The summed E-state index contributed by atoms with van der Waals surface area (Å²) in [5.74, 6) is 1.24. The number of para-hydroxylation sites is 1. The molecule has 1 radical (unpaired) electrons. The van der Waals surface area contributed by atoms with Gasteiger partial charge in [0.05, 0.1) is 5.76 Å². The number of furan rings is 1. The van der Waals surface area contributed by atoms with Crippen molar-refractivity contribution < 1.29 is 37.2 Å². The van der Waals surface area contributed by atoms with Crippen LogP contribution in [0.25, 0.3) is 44.3 Å². The van der Waals surface area contributed by atoms with Crippen molar-refractivity contribution in [1.82, 2.24) is 4.98 Å². The van der Waals surface area contributed by atoms with E-state index in [-0.39, 0.29) is 48.9 Å². The van der Waals surface area contributed by atoms with Crippen molar-refractivity contribution in [2.75, 3.05) is 0 Å². The zero-order valence-electron chi connectivity index (χ0n) is 33.5. The van der Waals surface area contributed by atoms with Crippen LogP contribution < -0.4 is 0 Å². The number of allylic oxidation sites excluding steroid dienone is 2. The van der Waals surface area contributed by atoms with Crippen LogP contribution in [-0.2, 0) is 36.7 Å². The fourth-order valence-electron chi connectivity index (χ4n) is 6.21. The molecule has 0 aliphatic heterocycles. The Morgan fingerprint density at radius 2 is 1.56 bits per heavy atom. The van der Waals surface area contributed by atoms with E-state index >= 15 is 0 Å². The van der Waals surface area contributed by atoms with Gasteiger partial charge in [0, 0.05) is 63.6 Å². The third-order valence-electron chi connectivity index (χ3n) is 9.04. The molecular formula is C45H56IrNO3-. The second-order valence-electron chi connectivity index (χ2n) is 15.0. The summed E-state index contributed by atoms with van der Waals surface area (Å²) in [6.07, 6.45) is 5.16. The Bertz CT molecular complexity index is 1990. The smallest absolute Gasteiger partial charge is 0.162 e. The molecule has 2 aromatic heterocycles. The maximum absolute atomic E-state index is 11.7. The molecule has 3 aromatic carbocycles. The molecule has 0 amide bonds. The van der Waals surface area contributed by atoms with Gasteiger partial charge in [-0.3, -0.25) is 9.78 Å². The SMILES string of the molecule is CCC(CC)C(=O)/C=C(\O)C(CC)CC.[2H]C([2H])(c1cccc2cc(-c3ccnc(-c4[c-]c5ccccc5c(C(C)(C)C)c4)c3)oc12)C(C)(C)C.[Ir]. The van der Waals surface area contributed by atoms with Crippen molar-refractivity contribution in [3.63, 3.8) is 0 Å². The van der Waals surface area contributed by atoms with E-state index < -0.39 is 11.8 Å². The summed E-state index contributed by atoms with van der Waals surface area (Å²) in [5.41, 5.74) is 4.51. The number of hydrogen-bond acceptors (Lipinski definition) is 4. The molecule has 269 valence electrons. The van der Waals surface area contributed by atoms with Gasteiger partial charge in [0.25, 0.3) is 0 Å². The maximum Gasteiger partial charge on any atom is 0.162 e. The van der Waals surface area contributed by atoms with E-state index in [1.54, 1.807) is 6.20 Å². The molecule has 0 spiro atoms. The number of carbonyl (C=O) groups excluding carboxylic acids is 1. The Morgan fingerprint density at radius 1 is 0.900 bits per heavy atom. The molecule has 1 N–H and O–H groups in total. The molecule has 0 fully saturated rings. The summed E-state index contributed by atoms with van der Waals surface area (Å²) in [7, 11) is 0.